The fourth-order valence-corrected chi connectivity index (χ4v) is 2.85. The van der Waals surface area contributed by atoms with Gasteiger partial charge in [0.15, 0.2) is 0 Å². The first-order valence-electron chi connectivity index (χ1n) is 7.90. The van der Waals surface area contributed by atoms with Gasteiger partial charge in [-0.3, -0.25) is 9.59 Å². The normalized spacial score (nSPS) is 21.8. The quantitative estimate of drug-likeness (QED) is 0.622. The summed E-state index contributed by atoms with van der Waals surface area (Å²) in [6, 6.07) is 10.0. The zero-order chi connectivity index (χ0) is 15.8. The molecule has 0 spiro atoms. The maximum absolute atomic E-state index is 11.5. The van der Waals surface area contributed by atoms with Crippen LogP contribution in [0.4, 0.5) is 5.69 Å². The maximum atomic E-state index is 11.5. The largest absolute Gasteiger partial charge is 0.339 e. The van der Waals surface area contributed by atoms with E-state index in [-0.39, 0.29) is 0 Å². The lowest BCUT2D eigenvalue weighted by Gasteiger charge is -2.24. The second kappa shape index (κ2) is 8.37. The van der Waals surface area contributed by atoms with Crippen molar-refractivity contribution in [3.05, 3.63) is 42.5 Å². The SMILES string of the molecule is CN(C=O)c1ccccc1.O=C1CC/C=C\C[C@H]2CCCN12. The molecule has 1 fully saturated rings. The van der Waals surface area contributed by atoms with Crippen LogP contribution in [0.5, 0.6) is 0 Å². The number of amides is 2. The van der Waals surface area contributed by atoms with E-state index in [0.29, 0.717) is 18.4 Å². The van der Waals surface area contributed by atoms with Crippen molar-refractivity contribution in [1.29, 1.82) is 0 Å². The average Bonchev–Trinajstić information content (AvgIpc) is 3.01. The van der Waals surface area contributed by atoms with Gasteiger partial charge in [0.25, 0.3) is 0 Å². The van der Waals surface area contributed by atoms with E-state index in [0.717, 1.165) is 31.5 Å². The van der Waals surface area contributed by atoms with Crippen LogP contribution in [0.2, 0.25) is 0 Å². The first-order chi connectivity index (χ1) is 10.7. The van der Waals surface area contributed by atoms with Gasteiger partial charge in [0.2, 0.25) is 12.3 Å². The summed E-state index contributed by atoms with van der Waals surface area (Å²) in [6.07, 6.45) is 10.3. The third-order valence-corrected chi connectivity index (χ3v) is 4.12. The van der Waals surface area contributed by atoms with E-state index in [1.807, 2.05) is 30.3 Å². The summed E-state index contributed by atoms with van der Waals surface area (Å²) in [7, 11) is 1.72. The molecule has 22 heavy (non-hydrogen) atoms. The van der Waals surface area contributed by atoms with Crippen molar-refractivity contribution in [2.75, 3.05) is 18.5 Å². The number of fused-ring (bicyclic) bond motifs is 1. The Labute approximate surface area is 132 Å². The molecule has 1 saturated heterocycles. The van der Waals surface area contributed by atoms with Crippen LogP contribution in [0.3, 0.4) is 0 Å². The molecule has 2 aliphatic rings. The maximum Gasteiger partial charge on any atom is 0.223 e. The summed E-state index contributed by atoms with van der Waals surface area (Å²) in [6.45, 7) is 0.997. The molecule has 1 atom stereocenters. The Morgan fingerprint density at radius 3 is 2.73 bits per heavy atom. The third-order valence-electron chi connectivity index (χ3n) is 4.12. The van der Waals surface area contributed by atoms with Crippen molar-refractivity contribution in [3.8, 4) is 0 Å². The summed E-state index contributed by atoms with van der Waals surface area (Å²) in [4.78, 5) is 25.4. The molecule has 1 aromatic rings. The standard InChI is InChI=1S/C10H15NO.C8H9NO/c12-10-7-3-1-2-5-9-6-4-8-11(9)10;1-9(7-10)8-5-3-2-4-6-8/h1-2,9H,3-8H2;2-7H,1H3/b2-1-;/t9-;/m0./s1. The average molecular weight is 300 g/mol. The minimum atomic E-state index is 0.363. The van der Waals surface area contributed by atoms with Crippen molar-refractivity contribution in [2.24, 2.45) is 0 Å². The van der Waals surface area contributed by atoms with Crippen molar-refractivity contribution >= 4 is 18.0 Å². The number of carbonyl (C=O) groups excluding carboxylic acids is 2. The summed E-state index contributed by atoms with van der Waals surface area (Å²) < 4.78 is 0. The first kappa shape index (κ1) is 16.3. The molecule has 4 nitrogen and oxygen atoms in total. The smallest absolute Gasteiger partial charge is 0.223 e. The molecule has 0 saturated carbocycles. The second-order valence-corrected chi connectivity index (χ2v) is 5.68. The molecule has 0 aromatic heterocycles. The number of carbonyl (C=O) groups is 2. The number of benzene rings is 1. The lowest BCUT2D eigenvalue weighted by molar-refractivity contribution is -0.132. The number of anilines is 1. The number of hydrogen-bond acceptors (Lipinski definition) is 2. The van der Waals surface area contributed by atoms with Gasteiger partial charge in [-0.05, 0) is 37.8 Å². The number of rotatable bonds is 2. The summed E-state index contributed by atoms with van der Waals surface area (Å²) in [5.41, 5.74) is 0.914. The van der Waals surface area contributed by atoms with Crippen LogP contribution in [0.1, 0.15) is 32.1 Å². The highest BCUT2D eigenvalue weighted by atomic mass is 16.2. The lowest BCUT2D eigenvalue weighted by atomic mass is 10.1. The van der Waals surface area contributed by atoms with Crippen molar-refractivity contribution in [2.45, 2.75) is 38.1 Å². The molecule has 0 radical (unpaired) electrons. The van der Waals surface area contributed by atoms with Crippen molar-refractivity contribution < 1.29 is 9.59 Å². The van der Waals surface area contributed by atoms with Gasteiger partial charge in [-0.25, -0.2) is 0 Å². The number of para-hydroxylation sites is 1. The Balaban J connectivity index is 0.000000164. The predicted octanol–water partition coefficient (Wildman–Crippen LogP) is 3.00. The Morgan fingerprint density at radius 1 is 1.23 bits per heavy atom. The molecule has 0 unspecified atom stereocenters. The number of allylic oxidation sites excluding steroid dienone is 1. The fraction of sp³-hybridized carbons (Fsp3) is 0.444. The molecular formula is C18H24N2O2. The number of hydrogen-bond donors (Lipinski definition) is 0. The van der Waals surface area contributed by atoms with Crippen LogP contribution in [0.15, 0.2) is 42.5 Å². The zero-order valence-corrected chi connectivity index (χ0v) is 13.1. The molecule has 3 rings (SSSR count). The Kier molecular flexibility index (Phi) is 6.19. The monoisotopic (exact) mass is 300 g/mol. The molecule has 2 heterocycles. The van der Waals surface area contributed by atoms with Gasteiger partial charge in [0.1, 0.15) is 0 Å². The highest BCUT2D eigenvalue weighted by Gasteiger charge is 2.27. The van der Waals surface area contributed by atoms with Gasteiger partial charge in [0, 0.05) is 31.7 Å². The Bertz CT molecular complexity index is 513. The van der Waals surface area contributed by atoms with Gasteiger partial charge >= 0.3 is 0 Å². The minimum Gasteiger partial charge on any atom is -0.339 e. The molecule has 0 bridgehead atoms. The lowest BCUT2D eigenvalue weighted by Crippen LogP contribution is -2.35. The first-order valence-corrected chi connectivity index (χ1v) is 7.90. The van der Waals surface area contributed by atoms with Gasteiger partial charge in [0.05, 0.1) is 0 Å². The highest BCUT2D eigenvalue weighted by Crippen LogP contribution is 2.23. The molecule has 0 N–H and O–H groups in total. The summed E-state index contributed by atoms with van der Waals surface area (Å²) >= 11 is 0. The van der Waals surface area contributed by atoms with Crippen molar-refractivity contribution in [1.82, 2.24) is 4.90 Å². The Hall–Kier alpha value is -2.10. The van der Waals surface area contributed by atoms with Crippen LogP contribution in [0.25, 0.3) is 0 Å². The highest BCUT2D eigenvalue weighted by molar-refractivity contribution is 5.77. The molecular weight excluding hydrogens is 276 g/mol. The van der Waals surface area contributed by atoms with E-state index < -0.39 is 0 Å². The predicted molar refractivity (Wildman–Crippen MR) is 88.6 cm³/mol. The van der Waals surface area contributed by atoms with Gasteiger partial charge < -0.3 is 9.80 Å². The second-order valence-electron chi connectivity index (χ2n) is 5.68. The van der Waals surface area contributed by atoms with E-state index in [1.165, 1.54) is 17.7 Å². The summed E-state index contributed by atoms with van der Waals surface area (Å²) in [5.74, 6) is 0.363. The third kappa shape index (κ3) is 4.45. The number of nitrogens with zero attached hydrogens (tertiary/aromatic N) is 2. The van der Waals surface area contributed by atoms with Gasteiger partial charge in [-0.2, -0.15) is 0 Å². The van der Waals surface area contributed by atoms with E-state index in [2.05, 4.69) is 17.1 Å². The summed E-state index contributed by atoms with van der Waals surface area (Å²) in [5, 5.41) is 0. The van der Waals surface area contributed by atoms with E-state index >= 15 is 0 Å². The zero-order valence-electron chi connectivity index (χ0n) is 13.1. The van der Waals surface area contributed by atoms with Crippen LogP contribution in [-0.4, -0.2) is 36.9 Å². The minimum absolute atomic E-state index is 0.363. The fourth-order valence-electron chi connectivity index (χ4n) is 2.85. The molecule has 4 heteroatoms. The molecule has 2 amide bonds. The van der Waals surface area contributed by atoms with Crippen molar-refractivity contribution in [3.63, 3.8) is 0 Å². The van der Waals surface area contributed by atoms with E-state index in [4.69, 9.17) is 0 Å². The van der Waals surface area contributed by atoms with Gasteiger partial charge in [-0.1, -0.05) is 30.4 Å². The van der Waals surface area contributed by atoms with Crippen LogP contribution in [-0.2, 0) is 9.59 Å². The van der Waals surface area contributed by atoms with E-state index in [1.54, 1.807) is 7.05 Å². The van der Waals surface area contributed by atoms with Gasteiger partial charge in [-0.15, -0.1) is 0 Å². The molecule has 0 aliphatic carbocycles. The molecule has 118 valence electrons. The van der Waals surface area contributed by atoms with Crippen LogP contribution in [0, 0.1) is 0 Å². The molecule has 2 aliphatic heterocycles. The topological polar surface area (TPSA) is 40.6 Å². The Morgan fingerprint density at radius 2 is 2.00 bits per heavy atom. The molecule has 1 aromatic carbocycles. The van der Waals surface area contributed by atoms with E-state index in [9.17, 15) is 9.59 Å². The van der Waals surface area contributed by atoms with Crippen LogP contribution < -0.4 is 4.90 Å². The van der Waals surface area contributed by atoms with Crippen LogP contribution >= 0.6 is 0 Å².